The van der Waals surface area contributed by atoms with Crippen LogP contribution in [0.15, 0.2) is 53.0 Å². The molecule has 0 saturated carbocycles. The molecule has 94 valence electrons. The zero-order chi connectivity index (χ0) is 13.0. The van der Waals surface area contributed by atoms with Gasteiger partial charge in [0.15, 0.2) is 0 Å². The maximum absolute atomic E-state index is 5.96. The van der Waals surface area contributed by atoms with Crippen LogP contribution in [-0.2, 0) is 13.1 Å². The lowest BCUT2D eigenvalue weighted by molar-refractivity contribution is 0.319. The zero-order valence-electron chi connectivity index (χ0n) is 10.4. The lowest BCUT2D eigenvalue weighted by atomic mass is 10.1. The van der Waals surface area contributed by atoms with Gasteiger partial charge >= 0.3 is 0 Å². The monoisotopic (exact) mass is 304 g/mol. The summed E-state index contributed by atoms with van der Waals surface area (Å²) in [5, 5.41) is 0. The Labute approximate surface area is 117 Å². The first-order valence-corrected chi connectivity index (χ1v) is 6.71. The Morgan fingerprint density at radius 1 is 0.944 bits per heavy atom. The maximum Gasteiger partial charge on any atom is 0.0359 e. The quantitative estimate of drug-likeness (QED) is 0.873. The minimum atomic E-state index is 0.855. The molecule has 0 atom stereocenters. The number of benzene rings is 2. The summed E-state index contributed by atoms with van der Waals surface area (Å²) >= 11 is 3.57. The van der Waals surface area contributed by atoms with E-state index in [1.807, 2.05) is 24.3 Å². The average Bonchev–Trinajstić information content (AvgIpc) is 2.35. The highest BCUT2D eigenvalue weighted by Gasteiger charge is 2.06. The lowest BCUT2D eigenvalue weighted by Crippen LogP contribution is -2.18. The molecule has 0 bridgehead atoms. The van der Waals surface area contributed by atoms with Gasteiger partial charge in [0.25, 0.3) is 0 Å². The second kappa shape index (κ2) is 6.03. The molecule has 0 aromatic heterocycles. The first-order valence-electron chi connectivity index (χ1n) is 5.92. The van der Waals surface area contributed by atoms with Crippen LogP contribution in [0.5, 0.6) is 0 Å². The van der Waals surface area contributed by atoms with Crippen molar-refractivity contribution in [2.45, 2.75) is 13.1 Å². The molecular formula is C15H17BrN2. The van der Waals surface area contributed by atoms with Crippen LogP contribution in [-0.4, -0.2) is 11.9 Å². The van der Waals surface area contributed by atoms with Crippen molar-refractivity contribution in [3.63, 3.8) is 0 Å². The summed E-state index contributed by atoms with van der Waals surface area (Å²) in [6, 6.07) is 16.3. The first kappa shape index (κ1) is 13.1. The standard InChI is InChI=1S/C15H17BrN2/c1-18(10-12-6-2-4-8-14(12)16)11-13-7-3-5-9-15(13)17/h2-9H,10-11,17H2,1H3. The van der Waals surface area contributed by atoms with Gasteiger partial charge in [-0.1, -0.05) is 52.3 Å². The first-order chi connectivity index (χ1) is 8.66. The molecule has 2 aromatic rings. The average molecular weight is 305 g/mol. The summed E-state index contributed by atoms with van der Waals surface area (Å²) in [5.41, 5.74) is 9.27. The third-order valence-corrected chi connectivity index (χ3v) is 3.67. The number of hydrogen-bond donors (Lipinski definition) is 1. The maximum atomic E-state index is 5.96. The molecule has 0 unspecified atom stereocenters. The molecule has 0 aliphatic rings. The third kappa shape index (κ3) is 3.34. The highest BCUT2D eigenvalue weighted by atomic mass is 79.9. The van der Waals surface area contributed by atoms with Gasteiger partial charge in [0.2, 0.25) is 0 Å². The van der Waals surface area contributed by atoms with E-state index >= 15 is 0 Å². The molecule has 2 N–H and O–H groups in total. The third-order valence-electron chi connectivity index (χ3n) is 2.89. The molecule has 0 saturated heterocycles. The van der Waals surface area contributed by atoms with Crippen molar-refractivity contribution in [1.29, 1.82) is 0 Å². The Balaban J connectivity index is 2.04. The zero-order valence-corrected chi connectivity index (χ0v) is 12.0. The fourth-order valence-corrected chi connectivity index (χ4v) is 2.35. The van der Waals surface area contributed by atoms with Crippen LogP contribution >= 0.6 is 15.9 Å². The molecule has 0 fully saturated rings. The van der Waals surface area contributed by atoms with Gasteiger partial charge in [-0.2, -0.15) is 0 Å². The lowest BCUT2D eigenvalue weighted by Gasteiger charge is -2.18. The highest BCUT2D eigenvalue weighted by molar-refractivity contribution is 9.10. The summed E-state index contributed by atoms with van der Waals surface area (Å²) in [6.07, 6.45) is 0. The van der Waals surface area contributed by atoms with Gasteiger partial charge in [0, 0.05) is 23.2 Å². The van der Waals surface area contributed by atoms with Gasteiger partial charge in [0.05, 0.1) is 0 Å². The minimum absolute atomic E-state index is 0.855. The summed E-state index contributed by atoms with van der Waals surface area (Å²) in [4.78, 5) is 2.26. The second-order valence-corrected chi connectivity index (χ2v) is 5.32. The van der Waals surface area contributed by atoms with Gasteiger partial charge in [-0.25, -0.2) is 0 Å². The Morgan fingerprint density at radius 2 is 1.50 bits per heavy atom. The molecule has 0 heterocycles. The van der Waals surface area contributed by atoms with E-state index in [1.54, 1.807) is 0 Å². The van der Waals surface area contributed by atoms with E-state index < -0.39 is 0 Å². The number of halogens is 1. The number of nitrogens with two attached hydrogens (primary N) is 1. The van der Waals surface area contributed by atoms with E-state index in [0.717, 1.165) is 23.2 Å². The van der Waals surface area contributed by atoms with Crippen LogP contribution in [0.3, 0.4) is 0 Å². The van der Waals surface area contributed by atoms with E-state index in [2.05, 4.69) is 52.1 Å². The normalized spacial score (nSPS) is 10.8. The highest BCUT2D eigenvalue weighted by Crippen LogP contribution is 2.19. The van der Waals surface area contributed by atoms with Gasteiger partial charge in [-0.3, -0.25) is 4.90 Å². The predicted octanol–water partition coefficient (Wildman–Crippen LogP) is 3.66. The van der Waals surface area contributed by atoms with Crippen molar-refractivity contribution in [1.82, 2.24) is 4.90 Å². The van der Waals surface area contributed by atoms with Crippen molar-refractivity contribution in [2.75, 3.05) is 12.8 Å². The number of anilines is 1. The number of nitrogens with zero attached hydrogens (tertiary/aromatic N) is 1. The molecule has 3 heteroatoms. The fraction of sp³-hybridized carbons (Fsp3) is 0.200. The van der Waals surface area contributed by atoms with Crippen LogP contribution in [0, 0.1) is 0 Å². The number of rotatable bonds is 4. The Bertz CT molecular complexity index is 478. The van der Waals surface area contributed by atoms with Crippen molar-refractivity contribution in [3.8, 4) is 0 Å². The van der Waals surface area contributed by atoms with Gasteiger partial charge in [-0.15, -0.1) is 0 Å². The summed E-state index contributed by atoms with van der Waals surface area (Å²) in [6.45, 7) is 1.75. The van der Waals surface area contributed by atoms with E-state index in [1.165, 1.54) is 11.1 Å². The predicted molar refractivity (Wildman–Crippen MR) is 80.2 cm³/mol. The van der Waals surface area contributed by atoms with Gasteiger partial charge in [-0.05, 0) is 30.3 Å². The van der Waals surface area contributed by atoms with Gasteiger partial charge in [0.1, 0.15) is 0 Å². The molecule has 18 heavy (non-hydrogen) atoms. The molecule has 0 aliphatic heterocycles. The molecular weight excluding hydrogens is 288 g/mol. The van der Waals surface area contributed by atoms with E-state index in [-0.39, 0.29) is 0 Å². The number of nitrogen functional groups attached to an aromatic ring is 1. The second-order valence-electron chi connectivity index (χ2n) is 4.46. The Hall–Kier alpha value is -1.32. The summed E-state index contributed by atoms with van der Waals surface area (Å²) in [5.74, 6) is 0. The molecule has 0 spiro atoms. The molecule has 2 nitrogen and oxygen atoms in total. The Kier molecular flexibility index (Phi) is 4.39. The molecule has 0 aliphatic carbocycles. The molecule has 0 amide bonds. The largest absolute Gasteiger partial charge is 0.398 e. The number of hydrogen-bond acceptors (Lipinski definition) is 2. The topological polar surface area (TPSA) is 29.3 Å². The van der Waals surface area contributed by atoms with Gasteiger partial charge < -0.3 is 5.73 Å². The van der Waals surface area contributed by atoms with Crippen molar-refractivity contribution in [3.05, 3.63) is 64.1 Å². The fourth-order valence-electron chi connectivity index (χ4n) is 1.94. The van der Waals surface area contributed by atoms with Crippen LogP contribution in [0.1, 0.15) is 11.1 Å². The van der Waals surface area contributed by atoms with Crippen LogP contribution in [0.4, 0.5) is 5.69 Å². The van der Waals surface area contributed by atoms with Crippen molar-refractivity contribution >= 4 is 21.6 Å². The van der Waals surface area contributed by atoms with E-state index in [0.29, 0.717) is 0 Å². The van der Waals surface area contributed by atoms with E-state index in [4.69, 9.17) is 5.73 Å². The Morgan fingerprint density at radius 3 is 2.17 bits per heavy atom. The number of para-hydroxylation sites is 1. The molecule has 2 rings (SSSR count). The van der Waals surface area contributed by atoms with Crippen molar-refractivity contribution in [2.24, 2.45) is 0 Å². The summed E-state index contributed by atoms with van der Waals surface area (Å²) < 4.78 is 1.15. The van der Waals surface area contributed by atoms with Crippen LogP contribution in [0.25, 0.3) is 0 Å². The molecule has 0 radical (unpaired) electrons. The van der Waals surface area contributed by atoms with Crippen LogP contribution in [0.2, 0.25) is 0 Å². The van der Waals surface area contributed by atoms with Crippen LogP contribution < -0.4 is 5.73 Å². The van der Waals surface area contributed by atoms with Crippen molar-refractivity contribution < 1.29 is 0 Å². The molecule has 2 aromatic carbocycles. The SMILES string of the molecule is CN(Cc1ccccc1N)Cc1ccccc1Br. The van der Waals surface area contributed by atoms with E-state index in [9.17, 15) is 0 Å². The summed E-state index contributed by atoms with van der Waals surface area (Å²) in [7, 11) is 2.10. The smallest absolute Gasteiger partial charge is 0.0359 e. The minimum Gasteiger partial charge on any atom is -0.398 e.